The van der Waals surface area contributed by atoms with Crippen LogP contribution in [-0.2, 0) is 27.6 Å². The first-order valence-electron chi connectivity index (χ1n) is 11.6. The Balaban J connectivity index is 1.57. The minimum atomic E-state index is -3.50. The fourth-order valence-electron chi connectivity index (χ4n) is 4.12. The van der Waals surface area contributed by atoms with Crippen molar-refractivity contribution in [1.29, 1.82) is 0 Å². The van der Waals surface area contributed by atoms with E-state index >= 15 is 0 Å². The highest BCUT2D eigenvalue weighted by Crippen LogP contribution is 2.29. The first kappa shape index (κ1) is 27.7. The van der Waals surface area contributed by atoms with Crippen molar-refractivity contribution in [3.05, 3.63) is 94.1 Å². The van der Waals surface area contributed by atoms with Gasteiger partial charge in [-0.2, -0.15) is 0 Å². The number of sulfone groups is 1. The molecule has 0 saturated heterocycles. The lowest BCUT2D eigenvalue weighted by atomic mass is 10.0. The largest absolute Gasteiger partial charge is 0.508 e. The highest BCUT2D eigenvalue weighted by molar-refractivity contribution is 7.90. The molecule has 10 nitrogen and oxygen atoms in total. The quantitative estimate of drug-likeness (QED) is 0.206. The van der Waals surface area contributed by atoms with Gasteiger partial charge in [0.05, 0.1) is 26.6 Å². The van der Waals surface area contributed by atoms with Gasteiger partial charge in [-0.05, 0) is 47.5 Å². The number of aliphatic carboxylic acids is 1. The van der Waals surface area contributed by atoms with Gasteiger partial charge < -0.3 is 25.8 Å². The molecule has 4 rings (SSSR count). The van der Waals surface area contributed by atoms with Gasteiger partial charge in [-0.25, -0.2) is 13.2 Å². The molecule has 2 amide bonds. The number of aromatic hydroxyl groups is 1. The summed E-state index contributed by atoms with van der Waals surface area (Å²) >= 11 is 6.43. The molecule has 1 atom stereocenters. The van der Waals surface area contributed by atoms with Crippen molar-refractivity contribution in [1.82, 2.24) is 15.6 Å². The van der Waals surface area contributed by atoms with Crippen LogP contribution in [0.4, 0.5) is 0 Å². The number of rotatable bonds is 9. The maximum Gasteiger partial charge on any atom is 0.326 e. The van der Waals surface area contributed by atoms with Crippen molar-refractivity contribution in [3.8, 4) is 5.75 Å². The Morgan fingerprint density at radius 1 is 1.00 bits per heavy atom. The van der Waals surface area contributed by atoms with Crippen LogP contribution in [0.15, 0.2) is 71.8 Å². The molecule has 0 aliphatic carbocycles. The zero-order valence-corrected chi connectivity index (χ0v) is 22.1. The number of phenolic OH excluding ortho intramolecular Hbond substituents is 1. The molecule has 0 radical (unpaired) electrons. The third-order valence-electron chi connectivity index (χ3n) is 6.00. The first-order chi connectivity index (χ1) is 18.4. The molecule has 39 heavy (non-hydrogen) atoms. The molecule has 12 heteroatoms. The smallest absolute Gasteiger partial charge is 0.326 e. The van der Waals surface area contributed by atoms with Gasteiger partial charge in [0.25, 0.3) is 11.8 Å². The van der Waals surface area contributed by atoms with Crippen molar-refractivity contribution in [2.24, 2.45) is 0 Å². The number of carbonyl (C=O) groups is 3. The van der Waals surface area contributed by atoms with Gasteiger partial charge in [0, 0.05) is 30.8 Å². The summed E-state index contributed by atoms with van der Waals surface area (Å²) in [4.78, 5) is 41.1. The van der Waals surface area contributed by atoms with Gasteiger partial charge >= 0.3 is 5.97 Å². The lowest BCUT2D eigenvalue weighted by Crippen LogP contribution is -2.42. The number of aromatic nitrogens is 1. The average molecular weight is 570 g/mol. The van der Waals surface area contributed by atoms with E-state index in [2.05, 4.69) is 15.6 Å². The fraction of sp³-hybridized carbons (Fsp3) is 0.148. The number of H-pyrrole nitrogens is 1. The van der Waals surface area contributed by atoms with Gasteiger partial charge in [-0.1, -0.05) is 35.9 Å². The van der Waals surface area contributed by atoms with E-state index in [1.807, 2.05) is 0 Å². The molecule has 4 aromatic rings. The molecule has 3 aromatic carbocycles. The van der Waals surface area contributed by atoms with Crippen LogP contribution in [0.3, 0.4) is 0 Å². The minimum Gasteiger partial charge on any atom is -0.508 e. The van der Waals surface area contributed by atoms with Crippen molar-refractivity contribution >= 4 is 50.1 Å². The normalized spacial score (nSPS) is 12.2. The van der Waals surface area contributed by atoms with E-state index in [9.17, 15) is 33.0 Å². The predicted octanol–water partition coefficient (Wildman–Crippen LogP) is 3.29. The zero-order valence-electron chi connectivity index (χ0n) is 20.6. The molecular weight excluding hydrogens is 546 g/mol. The molecule has 0 bridgehead atoms. The number of carboxylic acid groups (broad SMARTS) is 1. The summed E-state index contributed by atoms with van der Waals surface area (Å²) in [6, 6.07) is 13.7. The summed E-state index contributed by atoms with van der Waals surface area (Å²) in [6.07, 6.45) is 2.39. The Hall–Kier alpha value is -4.35. The lowest BCUT2D eigenvalue weighted by Gasteiger charge is -2.17. The molecule has 0 spiro atoms. The van der Waals surface area contributed by atoms with Gasteiger partial charge in [-0.15, -0.1) is 0 Å². The Morgan fingerprint density at radius 3 is 2.41 bits per heavy atom. The Kier molecular flexibility index (Phi) is 7.93. The van der Waals surface area contributed by atoms with Crippen LogP contribution >= 0.6 is 11.6 Å². The predicted molar refractivity (Wildman–Crippen MR) is 145 cm³/mol. The summed E-state index contributed by atoms with van der Waals surface area (Å²) in [5.74, 6) is -2.51. The van der Waals surface area contributed by atoms with Crippen LogP contribution in [0.5, 0.6) is 5.75 Å². The molecular formula is C27H24ClN3O7S. The second-order valence-electron chi connectivity index (χ2n) is 8.89. The van der Waals surface area contributed by atoms with Crippen molar-refractivity contribution < 1.29 is 33.0 Å². The van der Waals surface area contributed by atoms with Gasteiger partial charge in [0.1, 0.15) is 11.8 Å². The summed E-state index contributed by atoms with van der Waals surface area (Å²) < 4.78 is 23.7. The number of carbonyl (C=O) groups excluding carboxylic acids is 2. The van der Waals surface area contributed by atoms with Crippen LogP contribution in [0, 0.1) is 0 Å². The topological polar surface area (TPSA) is 166 Å². The number of hydrogen-bond donors (Lipinski definition) is 5. The average Bonchev–Trinajstić information content (AvgIpc) is 3.35. The molecule has 1 aromatic heterocycles. The van der Waals surface area contributed by atoms with Gasteiger partial charge in [0.2, 0.25) is 0 Å². The Morgan fingerprint density at radius 2 is 1.72 bits per heavy atom. The molecule has 0 fully saturated rings. The van der Waals surface area contributed by atoms with Crippen molar-refractivity contribution in [2.75, 3.05) is 6.26 Å². The van der Waals surface area contributed by atoms with E-state index in [0.717, 1.165) is 6.26 Å². The van der Waals surface area contributed by atoms with Crippen LogP contribution in [0.2, 0.25) is 5.02 Å². The summed E-state index contributed by atoms with van der Waals surface area (Å²) in [6.45, 7) is 0.135. The van der Waals surface area contributed by atoms with Crippen LogP contribution in [0.25, 0.3) is 10.9 Å². The standard InChI is InChI=1S/C27H24ClN3O7S/c1-39(37,38)18-7-3-4-15(11-18)12-22(27(35)36)31-26(34)23-19-8-9-29-24(19)20(13-21(23)28)25(33)30-14-16-5-2-6-17(32)10-16/h2-11,13,22,29,32H,12,14H2,1H3,(H,30,33)(H,31,34)(H,35,36)/t22-/m0/s1. The highest BCUT2D eigenvalue weighted by atomic mass is 35.5. The maximum absolute atomic E-state index is 13.2. The van der Waals surface area contributed by atoms with Crippen LogP contribution < -0.4 is 10.6 Å². The molecule has 202 valence electrons. The number of fused-ring (bicyclic) bond motifs is 1. The molecule has 0 aliphatic heterocycles. The number of carboxylic acids is 1. The van der Waals surface area contributed by atoms with E-state index in [1.165, 1.54) is 42.6 Å². The van der Waals surface area contributed by atoms with E-state index < -0.39 is 33.7 Å². The molecule has 1 heterocycles. The fourth-order valence-corrected chi connectivity index (χ4v) is 5.11. The first-order valence-corrected chi connectivity index (χ1v) is 13.9. The molecule has 0 aliphatic rings. The summed E-state index contributed by atoms with van der Waals surface area (Å²) in [7, 11) is -3.50. The summed E-state index contributed by atoms with van der Waals surface area (Å²) in [5.41, 5.74) is 1.56. The van der Waals surface area contributed by atoms with Crippen molar-refractivity contribution in [3.63, 3.8) is 0 Å². The third-order valence-corrected chi connectivity index (χ3v) is 7.41. The monoisotopic (exact) mass is 569 g/mol. The van der Waals surface area contributed by atoms with E-state index in [-0.39, 0.29) is 39.8 Å². The third kappa shape index (κ3) is 6.39. The Labute approximate surface area is 228 Å². The minimum absolute atomic E-state index is 0.0198. The SMILES string of the molecule is CS(=O)(=O)c1cccc(C[C@H](NC(=O)c2c(Cl)cc(C(=O)NCc3cccc(O)c3)c3[nH]ccc23)C(=O)O)c1. The molecule has 0 unspecified atom stereocenters. The van der Waals surface area contributed by atoms with Gasteiger partial charge in [0.15, 0.2) is 9.84 Å². The van der Waals surface area contributed by atoms with E-state index in [1.54, 1.807) is 24.3 Å². The number of hydrogen-bond acceptors (Lipinski definition) is 6. The van der Waals surface area contributed by atoms with E-state index in [4.69, 9.17) is 11.6 Å². The van der Waals surface area contributed by atoms with Crippen molar-refractivity contribution in [2.45, 2.75) is 23.9 Å². The number of phenols is 1. The van der Waals surface area contributed by atoms with Gasteiger partial charge in [-0.3, -0.25) is 9.59 Å². The number of aromatic amines is 1. The number of amides is 2. The number of benzene rings is 3. The second kappa shape index (κ2) is 11.2. The summed E-state index contributed by atoms with van der Waals surface area (Å²) in [5, 5.41) is 24.8. The highest BCUT2D eigenvalue weighted by Gasteiger charge is 2.26. The lowest BCUT2D eigenvalue weighted by molar-refractivity contribution is -0.139. The van der Waals surface area contributed by atoms with E-state index in [0.29, 0.717) is 22.0 Å². The number of nitrogens with one attached hydrogen (secondary N) is 3. The number of halogens is 1. The van der Waals surface area contributed by atoms with Crippen LogP contribution in [-0.4, -0.2) is 53.7 Å². The van der Waals surface area contributed by atoms with Crippen LogP contribution in [0.1, 0.15) is 31.8 Å². The Bertz CT molecular complexity index is 1700. The molecule has 5 N–H and O–H groups in total. The molecule has 0 saturated carbocycles. The second-order valence-corrected chi connectivity index (χ2v) is 11.3. The zero-order chi connectivity index (χ0) is 28.3. The maximum atomic E-state index is 13.2.